The summed E-state index contributed by atoms with van der Waals surface area (Å²) in [5, 5.41) is 7.31. The highest BCUT2D eigenvalue weighted by Crippen LogP contribution is 2.37. The van der Waals surface area contributed by atoms with E-state index in [1.54, 1.807) is 0 Å². The van der Waals surface area contributed by atoms with Gasteiger partial charge in [-0.25, -0.2) is 0 Å². The molecule has 0 aromatic heterocycles. The molecule has 0 amide bonds. The quantitative estimate of drug-likeness (QED) is 0.746. The fraction of sp³-hybridized carbons (Fsp3) is 0.923. The molecule has 2 N–H and O–H groups in total. The maximum atomic E-state index is 5.21. The predicted molar refractivity (Wildman–Crippen MR) is 76.1 cm³/mol. The van der Waals surface area contributed by atoms with Gasteiger partial charge in [0.2, 0.25) is 0 Å². The summed E-state index contributed by atoms with van der Waals surface area (Å²) in [5.41, 5.74) is 0. The number of hydrogen-bond donors (Lipinski definition) is 2. The van der Waals surface area contributed by atoms with Crippen molar-refractivity contribution in [3.63, 3.8) is 0 Å². The molecule has 0 aromatic rings. The van der Waals surface area contributed by atoms with Crippen LogP contribution in [0.3, 0.4) is 0 Å². The minimum atomic E-state index is 0.702. The van der Waals surface area contributed by atoms with Crippen LogP contribution in [0.4, 0.5) is 0 Å². The SMILES string of the molecule is CCNC(=S)NC[C@H]1C[C@H]2CCN1C[C@@H]2CC. The average molecular weight is 255 g/mol. The lowest BCUT2D eigenvalue weighted by Crippen LogP contribution is -2.57. The van der Waals surface area contributed by atoms with Crippen LogP contribution in [0.2, 0.25) is 0 Å². The standard InChI is InChI=1S/C13H25N3S/c1-3-10-9-16-6-5-11(10)7-12(16)8-15-13(17)14-4-2/h10-12H,3-9H2,1-2H3,(H2,14,15,17)/t10-,11+,12+/m0/s1. The zero-order valence-corrected chi connectivity index (χ0v) is 11.9. The van der Waals surface area contributed by atoms with E-state index >= 15 is 0 Å². The number of hydrogen-bond acceptors (Lipinski definition) is 2. The molecule has 4 atom stereocenters. The summed E-state index contributed by atoms with van der Waals surface area (Å²) in [4.78, 5) is 2.66. The molecule has 3 fully saturated rings. The van der Waals surface area contributed by atoms with Gasteiger partial charge in [-0.05, 0) is 50.4 Å². The largest absolute Gasteiger partial charge is 0.363 e. The third kappa shape index (κ3) is 3.10. The van der Waals surface area contributed by atoms with Crippen molar-refractivity contribution in [2.45, 2.75) is 39.2 Å². The molecular formula is C13H25N3S. The molecule has 98 valence electrons. The first kappa shape index (κ1) is 13.1. The Balaban J connectivity index is 1.78. The van der Waals surface area contributed by atoms with Crippen molar-refractivity contribution in [1.29, 1.82) is 0 Å². The van der Waals surface area contributed by atoms with E-state index in [9.17, 15) is 0 Å². The van der Waals surface area contributed by atoms with Crippen LogP contribution in [0.1, 0.15) is 33.1 Å². The van der Waals surface area contributed by atoms with Gasteiger partial charge >= 0.3 is 0 Å². The van der Waals surface area contributed by atoms with Gasteiger partial charge in [-0.3, -0.25) is 4.90 Å². The first-order valence-corrected chi connectivity index (χ1v) is 7.41. The lowest BCUT2D eigenvalue weighted by atomic mass is 9.74. The molecular weight excluding hydrogens is 230 g/mol. The van der Waals surface area contributed by atoms with Gasteiger partial charge in [-0.1, -0.05) is 13.3 Å². The second-order valence-corrected chi connectivity index (χ2v) is 5.75. The third-order valence-corrected chi connectivity index (χ3v) is 4.66. The van der Waals surface area contributed by atoms with E-state index in [0.29, 0.717) is 6.04 Å². The molecule has 0 aromatic carbocycles. The van der Waals surface area contributed by atoms with Crippen LogP contribution < -0.4 is 10.6 Å². The maximum Gasteiger partial charge on any atom is 0.166 e. The molecule has 17 heavy (non-hydrogen) atoms. The molecule has 3 saturated heterocycles. The van der Waals surface area contributed by atoms with Crippen molar-refractivity contribution < 1.29 is 0 Å². The summed E-state index contributed by atoms with van der Waals surface area (Å²) < 4.78 is 0. The highest BCUT2D eigenvalue weighted by atomic mass is 32.1. The second-order valence-electron chi connectivity index (χ2n) is 5.34. The van der Waals surface area contributed by atoms with Gasteiger partial charge in [-0.15, -0.1) is 0 Å². The monoisotopic (exact) mass is 255 g/mol. The normalized spacial score (nSPS) is 35.6. The molecule has 3 rings (SSSR count). The molecule has 0 spiro atoms. The first-order chi connectivity index (χ1) is 8.24. The van der Waals surface area contributed by atoms with Crippen LogP contribution in [0.15, 0.2) is 0 Å². The van der Waals surface area contributed by atoms with Crippen molar-refractivity contribution in [2.75, 3.05) is 26.2 Å². The van der Waals surface area contributed by atoms with Gasteiger partial charge in [0.15, 0.2) is 5.11 Å². The Kier molecular flexibility index (Phi) is 4.62. The lowest BCUT2D eigenvalue weighted by molar-refractivity contribution is 0.00205. The van der Waals surface area contributed by atoms with Gasteiger partial charge in [0.25, 0.3) is 0 Å². The van der Waals surface area contributed by atoms with Gasteiger partial charge < -0.3 is 10.6 Å². The van der Waals surface area contributed by atoms with E-state index in [2.05, 4.69) is 29.4 Å². The molecule has 3 aliphatic rings. The fourth-order valence-electron chi connectivity index (χ4n) is 3.36. The van der Waals surface area contributed by atoms with Crippen molar-refractivity contribution in [2.24, 2.45) is 11.8 Å². The molecule has 2 bridgehead atoms. The Morgan fingerprint density at radius 1 is 1.35 bits per heavy atom. The van der Waals surface area contributed by atoms with Gasteiger partial charge in [0, 0.05) is 25.7 Å². The molecule has 0 radical (unpaired) electrons. The number of thiocarbonyl (C=S) groups is 1. The van der Waals surface area contributed by atoms with E-state index in [1.807, 2.05) is 0 Å². The van der Waals surface area contributed by atoms with E-state index < -0.39 is 0 Å². The number of fused-ring (bicyclic) bond motifs is 3. The second kappa shape index (κ2) is 6.01. The Hall–Kier alpha value is -0.350. The lowest BCUT2D eigenvalue weighted by Gasteiger charge is -2.50. The van der Waals surface area contributed by atoms with Gasteiger partial charge in [0.05, 0.1) is 0 Å². The number of piperidine rings is 3. The zero-order valence-electron chi connectivity index (χ0n) is 11.0. The van der Waals surface area contributed by atoms with Crippen LogP contribution in [-0.4, -0.2) is 42.2 Å². The van der Waals surface area contributed by atoms with Crippen molar-refractivity contribution in [3.8, 4) is 0 Å². The number of nitrogens with zero attached hydrogens (tertiary/aromatic N) is 1. The minimum absolute atomic E-state index is 0.702. The highest BCUT2D eigenvalue weighted by Gasteiger charge is 2.38. The molecule has 3 heterocycles. The van der Waals surface area contributed by atoms with E-state index in [1.165, 1.54) is 32.4 Å². The molecule has 4 heteroatoms. The summed E-state index contributed by atoms with van der Waals surface area (Å²) in [7, 11) is 0. The molecule has 3 aliphatic heterocycles. The average Bonchev–Trinajstić information content (AvgIpc) is 2.37. The van der Waals surface area contributed by atoms with E-state index in [4.69, 9.17) is 12.2 Å². The molecule has 3 nitrogen and oxygen atoms in total. The van der Waals surface area contributed by atoms with Crippen molar-refractivity contribution in [1.82, 2.24) is 15.5 Å². The number of nitrogens with one attached hydrogen (secondary N) is 2. The molecule has 0 aliphatic carbocycles. The van der Waals surface area contributed by atoms with Crippen LogP contribution in [0, 0.1) is 11.8 Å². The Morgan fingerprint density at radius 2 is 2.18 bits per heavy atom. The molecule has 0 saturated carbocycles. The van der Waals surface area contributed by atoms with E-state index in [-0.39, 0.29) is 0 Å². The van der Waals surface area contributed by atoms with Crippen LogP contribution in [-0.2, 0) is 0 Å². The first-order valence-electron chi connectivity index (χ1n) is 7.00. The summed E-state index contributed by atoms with van der Waals surface area (Å²) >= 11 is 5.21. The van der Waals surface area contributed by atoms with Crippen LogP contribution in [0.5, 0.6) is 0 Å². The maximum absolute atomic E-state index is 5.21. The van der Waals surface area contributed by atoms with E-state index in [0.717, 1.165) is 30.0 Å². The summed E-state index contributed by atoms with van der Waals surface area (Å²) in [6.45, 7) is 8.93. The summed E-state index contributed by atoms with van der Waals surface area (Å²) in [6.07, 6.45) is 4.12. The van der Waals surface area contributed by atoms with Crippen LogP contribution in [0.25, 0.3) is 0 Å². The highest BCUT2D eigenvalue weighted by molar-refractivity contribution is 7.80. The summed E-state index contributed by atoms with van der Waals surface area (Å²) in [6, 6.07) is 0.702. The van der Waals surface area contributed by atoms with Gasteiger partial charge in [-0.2, -0.15) is 0 Å². The third-order valence-electron chi connectivity index (χ3n) is 4.37. The van der Waals surface area contributed by atoms with Gasteiger partial charge in [0.1, 0.15) is 0 Å². The Morgan fingerprint density at radius 3 is 2.76 bits per heavy atom. The van der Waals surface area contributed by atoms with Crippen LogP contribution >= 0.6 is 12.2 Å². The minimum Gasteiger partial charge on any atom is -0.363 e. The topological polar surface area (TPSA) is 27.3 Å². The van der Waals surface area contributed by atoms with Crippen molar-refractivity contribution >= 4 is 17.3 Å². The Bertz CT molecular complexity index is 269. The molecule has 1 unspecified atom stereocenters. The Labute approximate surface area is 110 Å². The predicted octanol–water partition coefficient (Wildman–Crippen LogP) is 1.59. The number of rotatable bonds is 4. The summed E-state index contributed by atoms with van der Waals surface area (Å²) in [5.74, 6) is 1.91. The van der Waals surface area contributed by atoms with Crippen molar-refractivity contribution in [3.05, 3.63) is 0 Å². The smallest absolute Gasteiger partial charge is 0.166 e. The fourth-order valence-corrected chi connectivity index (χ4v) is 3.59. The zero-order chi connectivity index (χ0) is 12.3.